The molecule has 1 aliphatic rings. The van der Waals surface area contributed by atoms with E-state index in [9.17, 15) is 4.39 Å². The van der Waals surface area contributed by atoms with Crippen LogP contribution < -0.4 is 4.74 Å². The van der Waals surface area contributed by atoms with Gasteiger partial charge in [0.2, 0.25) is 0 Å². The zero-order valence-corrected chi connectivity index (χ0v) is 17.0. The van der Waals surface area contributed by atoms with Gasteiger partial charge in [-0.25, -0.2) is 4.39 Å². The Morgan fingerprint density at radius 3 is 2.38 bits per heavy atom. The van der Waals surface area contributed by atoms with E-state index in [0.717, 1.165) is 30.4 Å². The van der Waals surface area contributed by atoms with Crippen LogP contribution >= 0.6 is 0 Å². The van der Waals surface area contributed by atoms with Crippen molar-refractivity contribution in [3.63, 3.8) is 0 Å². The molecule has 2 unspecified atom stereocenters. The van der Waals surface area contributed by atoms with Crippen molar-refractivity contribution in [1.82, 2.24) is 0 Å². The van der Waals surface area contributed by atoms with Gasteiger partial charge in [0.1, 0.15) is 18.5 Å². The summed E-state index contributed by atoms with van der Waals surface area (Å²) in [4.78, 5) is 0. The van der Waals surface area contributed by atoms with Gasteiger partial charge in [0.15, 0.2) is 0 Å². The molecule has 1 fully saturated rings. The molecule has 0 saturated heterocycles. The molecule has 0 spiro atoms. The Bertz CT molecular complexity index is 453. The van der Waals surface area contributed by atoms with Gasteiger partial charge in [-0.15, -0.1) is 0 Å². The number of rotatable bonds is 12. The van der Waals surface area contributed by atoms with Gasteiger partial charge in [0.25, 0.3) is 0 Å². The third-order valence-corrected chi connectivity index (χ3v) is 6.17. The van der Waals surface area contributed by atoms with E-state index in [-0.39, 0.29) is 6.61 Å². The molecule has 26 heavy (non-hydrogen) atoms. The molecule has 2 heteroatoms. The van der Waals surface area contributed by atoms with Crippen LogP contribution in [0.15, 0.2) is 30.3 Å². The molecule has 2 atom stereocenters. The van der Waals surface area contributed by atoms with Gasteiger partial charge >= 0.3 is 0 Å². The summed E-state index contributed by atoms with van der Waals surface area (Å²) in [6, 6.07) is 9.62. The molecule has 0 amide bonds. The molecule has 1 nitrogen and oxygen atoms in total. The van der Waals surface area contributed by atoms with E-state index in [4.69, 9.17) is 4.74 Å². The van der Waals surface area contributed by atoms with Gasteiger partial charge < -0.3 is 4.74 Å². The smallest absolute Gasteiger partial charge is 0.134 e. The number of hydrogen-bond acceptors (Lipinski definition) is 1. The standard InChI is InChI=1S/C24H39FO/c1-3-5-7-11-20-14-16-21(17-15-20)22(10-4-2)18-23(25)19-26-24-12-8-6-9-13-24/h6,8-9,12-13,20-23H,3-5,7,10-11,14-19H2,1-2H3. The molecule has 0 aromatic heterocycles. The van der Waals surface area contributed by atoms with E-state index in [1.54, 1.807) is 0 Å². The molecule has 0 bridgehead atoms. The number of benzene rings is 1. The Hall–Kier alpha value is -1.05. The topological polar surface area (TPSA) is 9.23 Å². The summed E-state index contributed by atoms with van der Waals surface area (Å²) in [5.74, 6) is 2.97. The number of hydrogen-bond donors (Lipinski definition) is 0. The van der Waals surface area contributed by atoms with Crippen molar-refractivity contribution < 1.29 is 9.13 Å². The Labute approximate surface area is 160 Å². The molecule has 0 aliphatic heterocycles. The average molecular weight is 363 g/mol. The van der Waals surface area contributed by atoms with E-state index in [1.165, 1.54) is 51.4 Å². The molecule has 1 aromatic rings. The van der Waals surface area contributed by atoms with Crippen LogP contribution in [0.3, 0.4) is 0 Å². The molecule has 0 heterocycles. The normalized spacial score (nSPS) is 22.7. The average Bonchev–Trinajstić information content (AvgIpc) is 2.68. The largest absolute Gasteiger partial charge is 0.491 e. The first-order chi connectivity index (χ1) is 12.7. The fraction of sp³-hybridized carbons (Fsp3) is 0.750. The second-order valence-electron chi connectivity index (χ2n) is 8.28. The lowest BCUT2D eigenvalue weighted by molar-refractivity contribution is 0.120. The molecular formula is C24H39FO. The van der Waals surface area contributed by atoms with Crippen molar-refractivity contribution in [2.45, 2.75) is 90.6 Å². The molecule has 0 N–H and O–H groups in total. The van der Waals surface area contributed by atoms with Crippen LogP contribution in [0.4, 0.5) is 4.39 Å². The van der Waals surface area contributed by atoms with Crippen LogP contribution in [-0.2, 0) is 0 Å². The molecule has 1 aliphatic carbocycles. The SMILES string of the molecule is CCCCCC1CCC(C(CCC)CC(F)COc2ccccc2)CC1. The minimum Gasteiger partial charge on any atom is -0.491 e. The Kier molecular flexibility index (Phi) is 10.1. The lowest BCUT2D eigenvalue weighted by Crippen LogP contribution is -2.26. The molecule has 0 radical (unpaired) electrons. The van der Waals surface area contributed by atoms with Crippen LogP contribution in [0.1, 0.15) is 84.5 Å². The maximum atomic E-state index is 14.6. The Balaban J connectivity index is 1.73. The van der Waals surface area contributed by atoms with Crippen LogP contribution in [0.25, 0.3) is 0 Å². The summed E-state index contributed by atoms with van der Waals surface area (Å²) in [5, 5.41) is 0. The highest BCUT2D eigenvalue weighted by molar-refractivity contribution is 5.20. The van der Waals surface area contributed by atoms with Crippen LogP contribution in [0, 0.1) is 17.8 Å². The zero-order chi connectivity index (χ0) is 18.6. The number of alkyl halides is 1. The predicted molar refractivity (Wildman–Crippen MR) is 109 cm³/mol. The minimum absolute atomic E-state index is 0.191. The maximum Gasteiger partial charge on any atom is 0.134 e. The first kappa shape index (κ1) is 21.3. The molecule has 148 valence electrons. The molecule has 2 rings (SSSR count). The summed E-state index contributed by atoms with van der Waals surface area (Å²) in [7, 11) is 0. The van der Waals surface area contributed by atoms with E-state index in [0.29, 0.717) is 12.3 Å². The van der Waals surface area contributed by atoms with Gasteiger partial charge in [0, 0.05) is 0 Å². The number of para-hydroxylation sites is 1. The lowest BCUT2D eigenvalue weighted by atomic mass is 9.72. The highest BCUT2D eigenvalue weighted by Gasteiger charge is 2.29. The van der Waals surface area contributed by atoms with Crippen molar-refractivity contribution in [2.75, 3.05) is 6.61 Å². The van der Waals surface area contributed by atoms with Crippen LogP contribution in [0.2, 0.25) is 0 Å². The molecule has 1 saturated carbocycles. The van der Waals surface area contributed by atoms with Crippen LogP contribution in [-0.4, -0.2) is 12.8 Å². The summed E-state index contributed by atoms with van der Waals surface area (Å²) in [6.07, 6.45) is 13.0. The second kappa shape index (κ2) is 12.4. The van der Waals surface area contributed by atoms with E-state index >= 15 is 0 Å². The first-order valence-electron chi connectivity index (χ1n) is 11.0. The van der Waals surface area contributed by atoms with Crippen molar-refractivity contribution in [1.29, 1.82) is 0 Å². The Morgan fingerprint density at radius 2 is 1.73 bits per heavy atom. The minimum atomic E-state index is -0.853. The first-order valence-corrected chi connectivity index (χ1v) is 11.0. The Morgan fingerprint density at radius 1 is 1.00 bits per heavy atom. The predicted octanol–water partition coefficient (Wildman–Crippen LogP) is 7.60. The quantitative estimate of drug-likeness (QED) is 0.348. The van der Waals surface area contributed by atoms with Crippen molar-refractivity contribution in [2.24, 2.45) is 17.8 Å². The summed E-state index contributed by atoms with van der Waals surface area (Å²) < 4.78 is 20.2. The third kappa shape index (κ3) is 7.68. The fourth-order valence-corrected chi connectivity index (χ4v) is 4.65. The summed E-state index contributed by atoms with van der Waals surface area (Å²) >= 11 is 0. The van der Waals surface area contributed by atoms with Crippen molar-refractivity contribution in [3.8, 4) is 5.75 Å². The molecule has 1 aromatic carbocycles. The fourth-order valence-electron chi connectivity index (χ4n) is 4.65. The number of halogens is 1. The number of unbranched alkanes of at least 4 members (excludes halogenated alkanes) is 2. The zero-order valence-electron chi connectivity index (χ0n) is 17.0. The maximum absolute atomic E-state index is 14.6. The lowest BCUT2D eigenvalue weighted by Gasteiger charge is -2.34. The van der Waals surface area contributed by atoms with Crippen molar-refractivity contribution >= 4 is 0 Å². The van der Waals surface area contributed by atoms with Gasteiger partial charge in [-0.05, 0) is 49.1 Å². The highest BCUT2D eigenvalue weighted by Crippen LogP contribution is 2.39. The van der Waals surface area contributed by atoms with Crippen molar-refractivity contribution in [3.05, 3.63) is 30.3 Å². The number of ether oxygens (including phenoxy) is 1. The van der Waals surface area contributed by atoms with E-state index in [1.807, 2.05) is 30.3 Å². The summed E-state index contributed by atoms with van der Waals surface area (Å²) in [6.45, 7) is 4.70. The van der Waals surface area contributed by atoms with E-state index in [2.05, 4.69) is 13.8 Å². The third-order valence-electron chi connectivity index (χ3n) is 6.17. The van der Waals surface area contributed by atoms with Gasteiger partial charge in [-0.1, -0.05) is 83.4 Å². The van der Waals surface area contributed by atoms with Gasteiger partial charge in [-0.3, -0.25) is 0 Å². The molecular weight excluding hydrogens is 323 g/mol. The second-order valence-corrected chi connectivity index (χ2v) is 8.28. The monoisotopic (exact) mass is 362 g/mol. The van der Waals surface area contributed by atoms with Gasteiger partial charge in [0.05, 0.1) is 0 Å². The highest BCUT2D eigenvalue weighted by atomic mass is 19.1. The summed E-state index contributed by atoms with van der Waals surface area (Å²) in [5.41, 5.74) is 0. The van der Waals surface area contributed by atoms with E-state index < -0.39 is 6.17 Å². The van der Waals surface area contributed by atoms with Crippen LogP contribution in [0.5, 0.6) is 5.75 Å². The van der Waals surface area contributed by atoms with Gasteiger partial charge in [-0.2, -0.15) is 0 Å².